The van der Waals surface area contributed by atoms with Gasteiger partial charge < -0.3 is 19.5 Å². The molecule has 0 radical (unpaired) electrons. The number of benzene rings is 2. The topological polar surface area (TPSA) is 65.8 Å². The Morgan fingerprint density at radius 1 is 0.909 bits per heavy atom. The van der Waals surface area contributed by atoms with E-state index < -0.39 is 0 Å². The van der Waals surface area contributed by atoms with E-state index in [1.54, 1.807) is 35.2 Å². The predicted octanol–water partition coefficient (Wildman–Crippen LogP) is 4.19. The van der Waals surface area contributed by atoms with Crippen molar-refractivity contribution in [1.82, 2.24) is 15.1 Å². The Morgan fingerprint density at radius 2 is 1.67 bits per heavy atom. The first-order valence-corrected chi connectivity index (χ1v) is 11.2. The smallest absolute Gasteiger partial charge is 0.270 e. The van der Waals surface area contributed by atoms with Gasteiger partial charge in [-0.3, -0.25) is 9.59 Å². The first-order valence-electron chi connectivity index (χ1n) is 11.2. The lowest BCUT2D eigenvalue weighted by atomic mass is 10.1. The Hall–Kier alpha value is -3.64. The second-order valence-corrected chi connectivity index (χ2v) is 8.40. The average Bonchev–Trinajstić information content (AvgIpc) is 3.18. The van der Waals surface area contributed by atoms with Gasteiger partial charge in [0, 0.05) is 36.8 Å². The Morgan fingerprint density at radius 3 is 2.42 bits per heavy atom. The minimum absolute atomic E-state index is 0.206. The number of rotatable bonds is 5. The highest BCUT2D eigenvalue weighted by atomic mass is 16.3. The van der Waals surface area contributed by atoms with Crippen LogP contribution in [0.5, 0.6) is 0 Å². The fraction of sp³-hybridized carbons (Fsp3) is 0.259. The molecule has 0 atom stereocenters. The molecule has 0 saturated carbocycles. The van der Waals surface area contributed by atoms with Crippen LogP contribution in [0, 0.1) is 6.92 Å². The van der Waals surface area contributed by atoms with Crippen molar-refractivity contribution in [2.75, 3.05) is 33.2 Å². The van der Waals surface area contributed by atoms with E-state index in [9.17, 15) is 9.59 Å². The number of hydrogen-bond acceptors (Lipinski definition) is 4. The zero-order valence-corrected chi connectivity index (χ0v) is 19.1. The van der Waals surface area contributed by atoms with E-state index in [0.717, 1.165) is 25.1 Å². The van der Waals surface area contributed by atoms with Gasteiger partial charge in [-0.05, 0) is 51.2 Å². The second kappa shape index (κ2) is 10.3. The largest absolute Gasteiger partial charge is 0.457 e. The van der Waals surface area contributed by atoms with Gasteiger partial charge in [-0.2, -0.15) is 0 Å². The van der Waals surface area contributed by atoms with Crippen LogP contribution in [-0.2, 0) is 4.79 Å². The number of likely N-dealkylation sites (N-methyl/N-ethyl adjacent to an activating group) is 1. The lowest BCUT2D eigenvalue weighted by Gasteiger charge is -2.22. The quantitative estimate of drug-likeness (QED) is 0.601. The number of aryl methyl sites for hydroxylation is 1. The number of hydrogen-bond donors (Lipinski definition) is 1. The molecular formula is C27H29N3O3. The van der Waals surface area contributed by atoms with Crippen LogP contribution in [0.25, 0.3) is 17.4 Å². The third-order valence-corrected chi connectivity index (χ3v) is 5.77. The highest BCUT2D eigenvalue weighted by Crippen LogP contribution is 2.24. The molecule has 1 aliphatic rings. The van der Waals surface area contributed by atoms with Crippen LogP contribution in [-0.4, -0.2) is 54.8 Å². The van der Waals surface area contributed by atoms with Gasteiger partial charge in [-0.1, -0.05) is 48.0 Å². The summed E-state index contributed by atoms with van der Waals surface area (Å²) in [7, 11) is 2.05. The van der Waals surface area contributed by atoms with Gasteiger partial charge in [0.15, 0.2) is 0 Å². The maximum Gasteiger partial charge on any atom is 0.270 e. The zero-order chi connectivity index (χ0) is 23.2. The summed E-state index contributed by atoms with van der Waals surface area (Å²) in [4.78, 5) is 30.3. The summed E-state index contributed by atoms with van der Waals surface area (Å²) in [5, 5.41) is 2.82. The lowest BCUT2D eigenvalue weighted by molar-refractivity contribution is -0.127. The Kier molecular flexibility index (Phi) is 7.05. The summed E-state index contributed by atoms with van der Waals surface area (Å²) in [6.45, 7) is 5.03. The molecule has 0 unspecified atom stereocenters. The van der Waals surface area contributed by atoms with Crippen molar-refractivity contribution in [1.29, 1.82) is 0 Å². The summed E-state index contributed by atoms with van der Waals surface area (Å²) in [6.07, 6.45) is 2.51. The van der Waals surface area contributed by atoms with Crippen molar-refractivity contribution >= 4 is 17.9 Å². The number of nitrogens with zero attached hydrogens (tertiary/aromatic N) is 2. The van der Waals surface area contributed by atoms with Crippen LogP contribution >= 0.6 is 0 Å². The molecule has 33 heavy (non-hydrogen) atoms. The zero-order valence-electron chi connectivity index (χ0n) is 19.1. The minimum atomic E-state index is -0.326. The van der Waals surface area contributed by atoms with Crippen molar-refractivity contribution in [2.45, 2.75) is 13.3 Å². The molecule has 0 bridgehead atoms. The third-order valence-electron chi connectivity index (χ3n) is 5.77. The van der Waals surface area contributed by atoms with Crippen molar-refractivity contribution in [2.24, 2.45) is 0 Å². The van der Waals surface area contributed by atoms with E-state index in [4.69, 9.17) is 4.42 Å². The van der Waals surface area contributed by atoms with Crippen molar-refractivity contribution in [3.05, 3.63) is 89.3 Å². The molecule has 3 aromatic rings. The molecule has 2 amide bonds. The van der Waals surface area contributed by atoms with Crippen LogP contribution in [0.4, 0.5) is 0 Å². The average molecular weight is 444 g/mol. The van der Waals surface area contributed by atoms with Crippen molar-refractivity contribution < 1.29 is 14.0 Å². The molecule has 4 rings (SSSR count). The molecule has 1 aromatic heterocycles. The predicted molar refractivity (Wildman–Crippen MR) is 129 cm³/mol. The molecule has 1 fully saturated rings. The molecule has 0 aliphatic carbocycles. The molecule has 170 valence electrons. The Bertz CT molecular complexity index is 1130. The van der Waals surface area contributed by atoms with E-state index in [2.05, 4.69) is 17.3 Å². The van der Waals surface area contributed by atoms with Gasteiger partial charge >= 0.3 is 0 Å². The van der Waals surface area contributed by atoms with Gasteiger partial charge in [0.05, 0.1) is 0 Å². The summed E-state index contributed by atoms with van der Waals surface area (Å²) < 4.78 is 6.00. The first kappa shape index (κ1) is 22.6. The molecule has 1 aliphatic heterocycles. The monoisotopic (exact) mass is 443 g/mol. The highest BCUT2D eigenvalue weighted by molar-refractivity contribution is 6.05. The first-order chi connectivity index (χ1) is 16.0. The van der Waals surface area contributed by atoms with Crippen LogP contribution in [0.15, 0.2) is 76.8 Å². The standard InChI is InChI=1S/C27H29N3O3/c1-20-9-11-21(12-10-20)25-14-13-23(33-25)19-24(28-26(31)22-7-4-3-5-8-22)27(32)30-16-6-15-29(2)17-18-30/h3-5,7-14,19H,6,15-18H2,1-2H3,(H,28,31)/b24-19+. The fourth-order valence-corrected chi connectivity index (χ4v) is 3.80. The van der Waals surface area contributed by atoms with E-state index in [1.807, 2.05) is 49.4 Å². The number of carbonyl (C=O) groups excluding carboxylic acids is 2. The molecule has 6 nitrogen and oxygen atoms in total. The van der Waals surface area contributed by atoms with E-state index in [1.165, 1.54) is 5.56 Å². The van der Waals surface area contributed by atoms with E-state index in [0.29, 0.717) is 30.2 Å². The van der Waals surface area contributed by atoms with Crippen molar-refractivity contribution in [3.63, 3.8) is 0 Å². The maximum atomic E-state index is 13.4. The van der Waals surface area contributed by atoms with Crippen LogP contribution < -0.4 is 5.32 Å². The van der Waals surface area contributed by atoms with E-state index in [-0.39, 0.29) is 17.5 Å². The summed E-state index contributed by atoms with van der Waals surface area (Å²) >= 11 is 0. The molecular weight excluding hydrogens is 414 g/mol. The SMILES string of the molecule is Cc1ccc(-c2ccc(/C=C(/NC(=O)c3ccccc3)C(=O)N3CCCN(C)CC3)o2)cc1. The van der Waals surface area contributed by atoms with Crippen molar-refractivity contribution in [3.8, 4) is 11.3 Å². The number of furan rings is 1. The summed E-state index contributed by atoms with van der Waals surface area (Å²) in [5.41, 5.74) is 2.83. The number of amides is 2. The van der Waals surface area contributed by atoms with Crippen LogP contribution in [0.3, 0.4) is 0 Å². The Labute approximate surface area is 194 Å². The molecule has 1 N–H and O–H groups in total. The van der Waals surface area contributed by atoms with Gasteiger partial charge in [0.25, 0.3) is 11.8 Å². The molecule has 6 heteroatoms. The Balaban J connectivity index is 1.61. The lowest BCUT2D eigenvalue weighted by Crippen LogP contribution is -2.40. The number of carbonyl (C=O) groups is 2. The third kappa shape index (κ3) is 5.79. The van der Waals surface area contributed by atoms with Crippen LogP contribution in [0.2, 0.25) is 0 Å². The number of nitrogens with one attached hydrogen (secondary N) is 1. The summed E-state index contributed by atoms with van der Waals surface area (Å²) in [5.74, 6) is 0.684. The van der Waals surface area contributed by atoms with Gasteiger partial charge in [0.1, 0.15) is 17.2 Å². The van der Waals surface area contributed by atoms with E-state index >= 15 is 0 Å². The van der Waals surface area contributed by atoms with Gasteiger partial charge in [-0.15, -0.1) is 0 Å². The normalized spacial score (nSPS) is 15.2. The van der Waals surface area contributed by atoms with Crippen LogP contribution in [0.1, 0.15) is 28.1 Å². The van der Waals surface area contributed by atoms with Gasteiger partial charge in [0.2, 0.25) is 0 Å². The molecule has 2 heterocycles. The fourth-order valence-electron chi connectivity index (χ4n) is 3.80. The molecule has 2 aromatic carbocycles. The highest BCUT2D eigenvalue weighted by Gasteiger charge is 2.23. The molecule has 0 spiro atoms. The molecule has 1 saturated heterocycles. The second-order valence-electron chi connectivity index (χ2n) is 8.40. The van der Waals surface area contributed by atoms with Gasteiger partial charge in [-0.25, -0.2) is 0 Å². The minimum Gasteiger partial charge on any atom is -0.457 e. The summed E-state index contributed by atoms with van der Waals surface area (Å²) in [6, 6.07) is 20.6. The maximum absolute atomic E-state index is 13.4.